The van der Waals surface area contributed by atoms with Crippen LogP contribution in [0.1, 0.15) is 17.0 Å². The van der Waals surface area contributed by atoms with Crippen LogP contribution in [0.3, 0.4) is 0 Å². The molecule has 1 aliphatic rings. The first-order valence-electron chi connectivity index (χ1n) is 7.49. The predicted molar refractivity (Wildman–Crippen MR) is 86.6 cm³/mol. The molecule has 2 aromatic rings. The number of fused-ring (bicyclic) bond motifs is 3. The van der Waals surface area contributed by atoms with E-state index in [0.717, 1.165) is 22.3 Å². The maximum atomic E-state index is 11.8. The van der Waals surface area contributed by atoms with E-state index in [1.807, 2.05) is 48.5 Å². The van der Waals surface area contributed by atoms with Crippen molar-refractivity contribution in [1.82, 2.24) is 5.32 Å². The fourth-order valence-corrected chi connectivity index (χ4v) is 2.97. The topological polar surface area (TPSA) is 84.9 Å². The Kier molecular flexibility index (Phi) is 4.48. The zero-order valence-corrected chi connectivity index (χ0v) is 13.1. The maximum Gasteiger partial charge on any atom is 0.409 e. The Bertz CT molecular complexity index is 728. The molecular formula is C18H17NO5. The average Bonchev–Trinajstić information content (AvgIpc) is 2.91. The molecule has 0 fully saturated rings. The summed E-state index contributed by atoms with van der Waals surface area (Å²) >= 11 is 0. The van der Waals surface area contributed by atoms with Gasteiger partial charge in [-0.2, -0.15) is 0 Å². The van der Waals surface area contributed by atoms with Gasteiger partial charge in [0.15, 0.2) is 0 Å². The summed E-state index contributed by atoms with van der Waals surface area (Å²) in [4.78, 5) is 22.7. The highest BCUT2D eigenvalue weighted by Crippen LogP contribution is 2.44. The van der Waals surface area contributed by atoms with E-state index in [4.69, 9.17) is 9.84 Å². The molecule has 0 saturated carbocycles. The summed E-state index contributed by atoms with van der Waals surface area (Å²) in [6.07, 6.45) is -2.26. The van der Waals surface area contributed by atoms with Gasteiger partial charge in [0, 0.05) is 13.0 Å². The number of methoxy groups -OCH3 is 1. The summed E-state index contributed by atoms with van der Waals surface area (Å²) in [6.45, 7) is 0.121. The first-order chi connectivity index (χ1) is 11.6. The van der Waals surface area contributed by atoms with E-state index in [1.54, 1.807) is 0 Å². The summed E-state index contributed by atoms with van der Waals surface area (Å²) < 4.78 is 9.88. The monoisotopic (exact) mass is 327 g/mol. The first-order valence-corrected chi connectivity index (χ1v) is 7.49. The average molecular weight is 327 g/mol. The molecule has 0 unspecified atom stereocenters. The number of benzene rings is 2. The number of rotatable bonds is 5. The first kappa shape index (κ1) is 16.0. The third-order valence-corrected chi connectivity index (χ3v) is 4.05. The fraction of sp³-hybridized carbons (Fsp3) is 0.222. The molecule has 1 atom stereocenters. The van der Waals surface area contributed by atoms with Crippen molar-refractivity contribution in [2.45, 2.75) is 12.1 Å². The Morgan fingerprint density at radius 3 is 2.12 bits per heavy atom. The van der Waals surface area contributed by atoms with Crippen molar-refractivity contribution in [2.24, 2.45) is 0 Å². The van der Waals surface area contributed by atoms with Gasteiger partial charge in [0.1, 0.15) is 6.61 Å². The van der Waals surface area contributed by atoms with Crippen molar-refractivity contribution in [1.29, 1.82) is 0 Å². The minimum absolute atomic E-state index is 0.0750. The lowest BCUT2D eigenvalue weighted by molar-refractivity contribution is -0.150. The number of aliphatic carboxylic acids is 1. The maximum absolute atomic E-state index is 11.8. The second kappa shape index (κ2) is 6.72. The number of carboxylic acid groups (broad SMARTS) is 1. The minimum Gasteiger partial charge on any atom is -0.478 e. The second-order valence-electron chi connectivity index (χ2n) is 5.42. The van der Waals surface area contributed by atoms with Crippen molar-refractivity contribution in [3.63, 3.8) is 0 Å². The van der Waals surface area contributed by atoms with Crippen LogP contribution in [0.5, 0.6) is 0 Å². The van der Waals surface area contributed by atoms with Gasteiger partial charge < -0.3 is 14.6 Å². The van der Waals surface area contributed by atoms with Crippen LogP contribution in [0.2, 0.25) is 0 Å². The van der Waals surface area contributed by atoms with Gasteiger partial charge in [-0.25, -0.2) is 9.59 Å². The number of nitrogens with one attached hydrogen (secondary N) is 1. The van der Waals surface area contributed by atoms with E-state index in [9.17, 15) is 9.59 Å². The molecule has 0 radical (unpaired) electrons. The van der Waals surface area contributed by atoms with Gasteiger partial charge in [-0.1, -0.05) is 48.5 Å². The molecule has 2 N–H and O–H groups in total. The molecule has 24 heavy (non-hydrogen) atoms. The number of carboxylic acids is 1. The lowest BCUT2D eigenvalue weighted by Gasteiger charge is -2.16. The predicted octanol–water partition coefficient (Wildman–Crippen LogP) is 2.58. The molecule has 6 nitrogen and oxygen atoms in total. The number of hydrogen-bond donors (Lipinski definition) is 2. The number of carbonyl (C=O) groups excluding carboxylic acids is 1. The summed E-state index contributed by atoms with van der Waals surface area (Å²) in [6, 6.07) is 15.9. The fourth-order valence-electron chi connectivity index (χ4n) is 2.97. The molecule has 124 valence electrons. The number of alkyl carbamates (subject to hydrolysis) is 1. The van der Waals surface area contributed by atoms with E-state index in [2.05, 4.69) is 10.1 Å². The third-order valence-electron chi connectivity index (χ3n) is 4.05. The number of hydrogen-bond acceptors (Lipinski definition) is 4. The van der Waals surface area contributed by atoms with Crippen LogP contribution in [0.25, 0.3) is 11.1 Å². The molecule has 0 aromatic heterocycles. The summed E-state index contributed by atoms with van der Waals surface area (Å²) in [5, 5.41) is 11.0. The summed E-state index contributed by atoms with van der Waals surface area (Å²) in [5.41, 5.74) is 4.44. The van der Waals surface area contributed by atoms with Crippen LogP contribution in [0.15, 0.2) is 48.5 Å². The number of amides is 1. The highest BCUT2D eigenvalue weighted by atomic mass is 16.6. The van der Waals surface area contributed by atoms with Gasteiger partial charge in [-0.15, -0.1) is 0 Å². The summed E-state index contributed by atoms with van der Waals surface area (Å²) in [5.74, 6) is -1.36. The third kappa shape index (κ3) is 2.96. The van der Waals surface area contributed by atoms with Crippen LogP contribution >= 0.6 is 0 Å². The Hall–Kier alpha value is -2.86. The minimum atomic E-state index is -1.43. The Balaban J connectivity index is 1.74. The molecule has 0 heterocycles. The van der Waals surface area contributed by atoms with Gasteiger partial charge in [-0.3, -0.25) is 5.32 Å². The zero-order valence-electron chi connectivity index (χ0n) is 13.1. The molecule has 0 aliphatic heterocycles. The SMILES string of the molecule is CO[C@@H](NC(=O)OCC1c2ccccc2-c2ccccc21)C(=O)O. The molecule has 2 aromatic carbocycles. The standard InChI is InChI=1S/C18H17NO5/c1-23-16(17(20)21)19-18(22)24-10-15-13-8-4-2-6-11(13)12-7-3-5-9-14(12)15/h2-9,15-16H,10H2,1H3,(H,19,22)(H,20,21)/t16-/m1/s1. The molecule has 6 heteroatoms. The molecule has 0 bridgehead atoms. The van der Waals surface area contributed by atoms with E-state index in [-0.39, 0.29) is 12.5 Å². The van der Waals surface area contributed by atoms with Crippen molar-refractivity contribution >= 4 is 12.1 Å². The van der Waals surface area contributed by atoms with Gasteiger partial charge in [-0.05, 0) is 22.3 Å². The molecule has 0 saturated heterocycles. The quantitative estimate of drug-likeness (QED) is 0.825. The van der Waals surface area contributed by atoms with Gasteiger partial charge in [0.2, 0.25) is 6.23 Å². The smallest absolute Gasteiger partial charge is 0.409 e. The lowest BCUT2D eigenvalue weighted by atomic mass is 9.98. The zero-order chi connectivity index (χ0) is 17.1. The van der Waals surface area contributed by atoms with Crippen molar-refractivity contribution < 1.29 is 24.2 Å². The Morgan fingerprint density at radius 2 is 1.62 bits per heavy atom. The molecular weight excluding hydrogens is 310 g/mol. The highest BCUT2D eigenvalue weighted by molar-refractivity contribution is 5.80. The largest absolute Gasteiger partial charge is 0.478 e. The van der Waals surface area contributed by atoms with E-state index in [1.165, 1.54) is 7.11 Å². The lowest BCUT2D eigenvalue weighted by Crippen LogP contribution is -2.42. The number of ether oxygens (including phenoxy) is 2. The summed E-state index contributed by atoms with van der Waals surface area (Å²) in [7, 11) is 1.20. The Labute approximate surface area is 139 Å². The van der Waals surface area contributed by atoms with Crippen LogP contribution in [-0.2, 0) is 14.3 Å². The van der Waals surface area contributed by atoms with Crippen LogP contribution in [-0.4, -0.2) is 37.1 Å². The molecule has 1 aliphatic carbocycles. The number of carbonyl (C=O) groups is 2. The van der Waals surface area contributed by atoms with Gasteiger partial charge in [0.05, 0.1) is 0 Å². The molecule has 0 spiro atoms. The molecule has 3 rings (SSSR count). The van der Waals surface area contributed by atoms with Crippen LogP contribution in [0.4, 0.5) is 4.79 Å². The van der Waals surface area contributed by atoms with Crippen LogP contribution in [0, 0.1) is 0 Å². The normalized spacial score (nSPS) is 13.7. The van der Waals surface area contributed by atoms with Gasteiger partial charge in [0.25, 0.3) is 0 Å². The van der Waals surface area contributed by atoms with Gasteiger partial charge >= 0.3 is 12.1 Å². The van der Waals surface area contributed by atoms with E-state index < -0.39 is 18.3 Å². The second-order valence-corrected chi connectivity index (χ2v) is 5.42. The highest BCUT2D eigenvalue weighted by Gasteiger charge is 2.29. The van der Waals surface area contributed by atoms with Crippen molar-refractivity contribution in [2.75, 3.05) is 13.7 Å². The van der Waals surface area contributed by atoms with E-state index in [0.29, 0.717) is 0 Å². The van der Waals surface area contributed by atoms with E-state index >= 15 is 0 Å². The van der Waals surface area contributed by atoms with Crippen LogP contribution < -0.4 is 5.32 Å². The van der Waals surface area contributed by atoms with Crippen molar-refractivity contribution in [3.8, 4) is 11.1 Å². The Morgan fingerprint density at radius 1 is 1.08 bits per heavy atom. The van der Waals surface area contributed by atoms with Crippen molar-refractivity contribution in [3.05, 3.63) is 59.7 Å². The molecule has 1 amide bonds.